The van der Waals surface area contributed by atoms with Gasteiger partial charge in [-0.2, -0.15) is 0 Å². The van der Waals surface area contributed by atoms with Crippen LogP contribution in [-0.4, -0.2) is 20.6 Å². The molecule has 4 rings (SSSR count). The first-order valence-electron chi connectivity index (χ1n) is 8.38. The third-order valence-electron chi connectivity index (χ3n) is 4.04. The summed E-state index contributed by atoms with van der Waals surface area (Å²) in [6.07, 6.45) is 1.62. The van der Waals surface area contributed by atoms with Crippen molar-refractivity contribution in [2.24, 2.45) is 0 Å². The molecule has 3 heterocycles. The Balaban J connectivity index is 1.51. The van der Waals surface area contributed by atoms with Gasteiger partial charge < -0.3 is 9.84 Å². The van der Waals surface area contributed by atoms with Crippen LogP contribution in [0.1, 0.15) is 12.2 Å². The van der Waals surface area contributed by atoms with Crippen molar-refractivity contribution in [1.82, 2.24) is 14.7 Å². The number of benzene rings is 1. The van der Waals surface area contributed by atoms with Gasteiger partial charge in [0.25, 0.3) is 5.56 Å². The summed E-state index contributed by atoms with van der Waals surface area (Å²) < 4.78 is 6.95. The Morgan fingerprint density at radius 2 is 2.07 bits per heavy atom. The second-order valence-corrected chi connectivity index (χ2v) is 7.11. The Hall–Kier alpha value is -3.26. The fraction of sp³-hybridized carbons (Fsp3) is 0.158. The molecular weight excluding hydrogens is 364 g/mol. The fourth-order valence-electron chi connectivity index (χ4n) is 2.70. The highest BCUT2D eigenvalue weighted by Gasteiger charge is 2.12. The maximum absolute atomic E-state index is 12.7. The fourth-order valence-corrected chi connectivity index (χ4v) is 3.77. The minimum absolute atomic E-state index is 0.135. The average Bonchev–Trinajstić information content (AvgIpc) is 3.28. The summed E-state index contributed by atoms with van der Waals surface area (Å²) >= 11 is 1.41. The van der Waals surface area contributed by atoms with E-state index < -0.39 is 0 Å². The van der Waals surface area contributed by atoms with Crippen molar-refractivity contribution in [3.05, 3.63) is 64.9 Å². The van der Waals surface area contributed by atoms with E-state index in [4.69, 9.17) is 4.52 Å². The molecule has 7 nitrogen and oxygen atoms in total. The van der Waals surface area contributed by atoms with Crippen LogP contribution in [0.2, 0.25) is 0 Å². The molecule has 0 aliphatic rings. The zero-order valence-corrected chi connectivity index (χ0v) is 15.3. The van der Waals surface area contributed by atoms with Gasteiger partial charge in [-0.05, 0) is 18.6 Å². The Morgan fingerprint density at radius 3 is 2.81 bits per heavy atom. The summed E-state index contributed by atoms with van der Waals surface area (Å²) in [7, 11) is 0. The molecule has 0 aliphatic carbocycles. The van der Waals surface area contributed by atoms with E-state index in [9.17, 15) is 9.59 Å². The average molecular weight is 380 g/mol. The lowest BCUT2D eigenvalue weighted by molar-refractivity contribution is -0.116. The van der Waals surface area contributed by atoms with Gasteiger partial charge in [0.05, 0.1) is 11.8 Å². The van der Waals surface area contributed by atoms with Crippen LogP contribution in [-0.2, 0) is 11.3 Å². The van der Waals surface area contributed by atoms with Gasteiger partial charge in [0.2, 0.25) is 5.91 Å². The Bertz CT molecular complexity index is 1160. The van der Waals surface area contributed by atoms with E-state index in [2.05, 4.69) is 15.5 Å². The maximum atomic E-state index is 12.7. The maximum Gasteiger partial charge on any atom is 0.271 e. The lowest BCUT2D eigenvalue weighted by Gasteiger charge is -2.04. The van der Waals surface area contributed by atoms with E-state index in [0.717, 1.165) is 10.4 Å². The largest absolute Gasteiger partial charge is 0.360 e. The molecule has 1 amide bonds. The van der Waals surface area contributed by atoms with Crippen molar-refractivity contribution in [1.29, 1.82) is 0 Å². The number of nitrogens with one attached hydrogen (secondary N) is 1. The summed E-state index contributed by atoms with van der Waals surface area (Å²) in [5.41, 5.74) is 1.58. The van der Waals surface area contributed by atoms with Crippen LogP contribution in [0.25, 0.3) is 20.7 Å². The SMILES string of the molecule is Cc1cc(NC(=O)CCn2cnc3cc(-c4ccccc4)sc3c2=O)no1. The summed E-state index contributed by atoms with van der Waals surface area (Å²) in [6.45, 7) is 1.98. The van der Waals surface area contributed by atoms with Gasteiger partial charge in [0.15, 0.2) is 5.82 Å². The van der Waals surface area contributed by atoms with Gasteiger partial charge in [0, 0.05) is 23.9 Å². The number of thiophene rings is 1. The van der Waals surface area contributed by atoms with E-state index in [0.29, 0.717) is 21.8 Å². The summed E-state index contributed by atoms with van der Waals surface area (Å²) in [5.74, 6) is 0.735. The predicted octanol–water partition coefficient (Wildman–Crippen LogP) is 3.45. The van der Waals surface area contributed by atoms with Crippen molar-refractivity contribution in [3.63, 3.8) is 0 Å². The van der Waals surface area contributed by atoms with Crippen LogP contribution >= 0.6 is 11.3 Å². The Morgan fingerprint density at radius 1 is 1.26 bits per heavy atom. The van der Waals surface area contributed by atoms with Gasteiger partial charge in [-0.15, -0.1) is 11.3 Å². The quantitative estimate of drug-likeness (QED) is 0.573. The topological polar surface area (TPSA) is 90.0 Å². The van der Waals surface area contributed by atoms with E-state index in [-0.39, 0.29) is 24.4 Å². The molecule has 0 radical (unpaired) electrons. The summed E-state index contributed by atoms with van der Waals surface area (Å²) in [4.78, 5) is 30.1. The number of rotatable bonds is 5. The molecule has 0 bridgehead atoms. The lowest BCUT2D eigenvalue weighted by Crippen LogP contribution is -2.23. The molecule has 4 aromatic rings. The molecular formula is C19H16N4O3S. The van der Waals surface area contributed by atoms with Gasteiger partial charge in [-0.3, -0.25) is 14.2 Å². The first kappa shape index (κ1) is 17.2. The van der Waals surface area contributed by atoms with Crippen LogP contribution in [0.3, 0.4) is 0 Å². The van der Waals surface area contributed by atoms with Crippen molar-refractivity contribution in [2.45, 2.75) is 19.9 Å². The first-order chi connectivity index (χ1) is 13.1. The van der Waals surface area contributed by atoms with E-state index in [1.807, 2.05) is 36.4 Å². The van der Waals surface area contributed by atoms with E-state index in [1.54, 1.807) is 13.0 Å². The van der Waals surface area contributed by atoms with E-state index in [1.165, 1.54) is 22.2 Å². The molecule has 0 fully saturated rings. The number of hydrogen-bond donors (Lipinski definition) is 1. The monoisotopic (exact) mass is 380 g/mol. The standard InChI is InChI=1S/C19H16N4O3S/c1-12-9-16(22-26-12)21-17(24)7-8-23-11-20-14-10-15(27-18(14)19(23)25)13-5-3-2-4-6-13/h2-6,9-11H,7-8H2,1H3,(H,21,22,24). The molecule has 136 valence electrons. The van der Waals surface area contributed by atoms with Crippen molar-refractivity contribution in [3.8, 4) is 10.4 Å². The van der Waals surface area contributed by atoms with Gasteiger partial charge in [-0.1, -0.05) is 35.5 Å². The molecule has 27 heavy (non-hydrogen) atoms. The number of aromatic nitrogens is 3. The van der Waals surface area contributed by atoms with Crippen LogP contribution < -0.4 is 10.9 Å². The second-order valence-electron chi connectivity index (χ2n) is 6.06. The molecule has 1 aromatic carbocycles. The molecule has 0 saturated heterocycles. The smallest absolute Gasteiger partial charge is 0.271 e. The number of anilines is 1. The summed E-state index contributed by atoms with van der Waals surface area (Å²) in [6, 6.07) is 13.4. The van der Waals surface area contributed by atoms with Gasteiger partial charge in [-0.25, -0.2) is 4.98 Å². The molecule has 8 heteroatoms. The molecule has 0 saturated carbocycles. The third-order valence-corrected chi connectivity index (χ3v) is 5.20. The van der Waals surface area contributed by atoms with E-state index >= 15 is 0 Å². The molecule has 0 spiro atoms. The molecule has 0 atom stereocenters. The normalized spacial score (nSPS) is 11.0. The highest BCUT2D eigenvalue weighted by molar-refractivity contribution is 7.22. The van der Waals surface area contributed by atoms with Crippen molar-refractivity contribution in [2.75, 3.05) is 5.32 Å². The van der Waals surface area contributed by atoms with Gasteiger partial charge in [0.1, 0.15) is 10.5 Å². The van der Waals surface area contributed by atoms with Crippen LogP contribution in [0.4, 0.5) is 5.82 Å². The molecule has 0 unspecified atom stereocenters. The number of carbonyl (C=O) groups is 1. The third kappa shape index (κ3) is 3.65. The van der Waals surface area contributed by atoms with Crippen LogP contribution in [0.15, 0.2) is 58.1 Å². The first-order valence-corrected chi connectivity index (χ1v) is 9.19. The predicted molar refractivity (Wildman–Crippen MR) is 104 cm³/mol. The molecule has 1 N–H and O–H groups in total. The number of carbonyl (C=O) groups excluding carboxylic acids is 1. The molecule has 3 aromatic heterocycles. The zero-order valence-electron chi connectivity index (χ0n) is 14.5. The molecule has 0 aliphatic heterocycles. The zero-order chi connectivity index (χ0) is 18.8. The highest BCUT2D eigenvalue weighted by atomic mass is 32.1. The van der Waals surface area contributed by atoms with Crippen molar-refractivity contribution < 1.29 is 9.32 Å². The minimum atomic E-state index is -0.244. The van der Waals surface area contributed by atoms with Crippen molar-refractivity contribution >= 4 is 33.3 Å². The summed E-state index contributed by atoms with van der Waals surface area (Å²) in [5, 5.41) is 6.35. The number of nitrogens with zero attached hydrogens (tertiary/aromatic N) is 3. The lowest BCUT2D eigenvalue weighted by atomic mass is 10.2. The number of fused-ring (bicyclic) bond motifs is 1. The Kier molecular flexibility index (Phi) is 4.55. The Labute approximate surface area is 158 Å². The highest BCUT2D eigenvalue weighted by Crippen LogP contribution is 2.30. The minimum Gasteiger partial charge on any atom is -0.360 e. The van der Waals surface area contributed by atoms with Gasteiger partial charge >= 0.3 is 0 Å². The second kappa shape index (κ2) is 7.16. The number of amides is 1. The number of aryl methyl sites for hydroxylation is 2. The van der Waals surface area contributed by atoms with Crippen LogP contribution in [0.5, 0.6) is 0 Å². The number of hydrogen-bond acceptors (Lipinski definition) is 6. The van der Waals surface area contributed by atoms with Crippen LogP contribution in [0, 0.1) is 6.92 Å².